The van der Waals surface area contributed by atoms with E-state index in [1.54, 1.807) is 24.0 Å². The number of piperidine rings is 1. The van der Waals surface area contributed by atoms with Crippen molar-refractivity contribution in [1.29, 1.82) is 0 Å². The van der Waals surface area contributed by atoms with Gasteiger partial charge in [0.25, 0.3) is 5.91 Å². The van der Waals surface area contributed by atoms with Crippen molar-refractivity contribution < 1.29 is 14.3 Å². The van der Waals surface area contributed by atoms with Crippen LogP contribution in [-0.2, 0) is 4.74 Å². The molecule has 2 aromatic rings. The number of aromatic nitrogens is 1. The van der Waals surface area contributed by atoms with E-state index in [1.165, 1.54) is 0 Å². The molecule has 0 aliphatic carbocycles. The highest BCUT2D eigenvalue weighted by molar-refractivity contribution is 6.31. The Morgan fingerprint density at radius 1 is 1.33 bits per heavy atom. The molecule has 1 aliphatic heterocycles. The summed E-state index contributed by atoms with van der Waals surface area (Å²) >= 11 is 5.96. The van der Waals surface area contributed by atoms with Gasteiger partial charge >= 0.3 is 6.09 Å². The first-order valence-corrected chi connectivity index (χ1v) is 8.45. The van der Waals surface area contributed by atoms with Crippen molar-refractivity contribution in [3.05, 3.63) is 35.0 Å². The topological polar surface area (TPSA) is 74.4 Å². The number of nitrogens with zero attached hydrogens (tertiary/aromatic N) is 1. The molecule has 1 aromatic carbocycles. The Bertz CT molecular complexity index is 751. The highest BCUT2D eigenvalue weighted by atomic mass is 35.5. The van der Waals surface area contributed by atoms with E-state index in [9.17, 15) is 9.59 Å². The van der Waals surface area contributed by atoms with E-state index in [-0.39, 0.29) is 18.0 Å². The predicted octanol–water partition coefficient (Wildman–Crippen LogP) is 3.17. The first-order valence-electron chi connectivity index (χ1n) is 8.07. The van der Waals surface area contributed by atoms with E-state index in [0.29, 0.717) is 30.4 Å². The smallest absolute Gasteiger partial charge is 0.409 e. The number of ether oxygens (including phenoxy) is 1. The van der Waals surface area contributed by atoms with Crippen LogP contribution in [-0.4, -0.2) is 47.6 Å². The number of aromatic amines is 1. The van der Waals surface area contributed by atoms with Crippen molar-refractivity contribution in [2.75, 3.05) is 19.7 Å². The van der Waals surface area contributed by atoms with Gasteiger partial charge in [0.05, 0.1) is 6.61 Å². The molecule has 6 nitrogen and oxygen atoms in total. The van der Waals surface area contributed by atoms with E-state index >= 15 is 0 Å². The van der Waals surface area contributed by atoms with Crippen LogP contribution in [0.15, 0.2) is 24.3 Å². The maximum atomic E-state index is 12.4. The molecule has 0 atom stereocenters. The number of nitrogens with one attached hydrogen (secondary N) is 2. The van der Waals surface area contributed by atoms with Gasteiger partial charge in [0.1, 0.15) is 5.69 Å². The number of H-pyrrole nitrogens is 1. The van der Waals surface area contributed by atoms with Gasteiger partial charge < -0.3 is 19.9 Å². The maximum Gasteiger partial charge on any atom is 0.409 e. The van der Waals surface area contributed by atoms with Gasteiger partial charge in [-0.2, -0.15) is 0 Å². The Kier molecular flexibility index (Phi) is 4.94. The molecule has 2 amide bonds. The minimum absolute atomic E-state index is 0.0539. The summed E-state index contributed by atoms with van der Waals surface area (Å²) in [5.74, 6) is -0.142. The number of carbonyl (C=O) groups is 2. The lowest BCUT2D eigenvalue weighted by atomic mass is 10.1. The van der Waals surface area contributed by atoms with Gasteiger partial charge in [-0.05, 0) is 38.0 Å². The van der Waals surface area contributed by atoms with Crippen LogP contribution in [0.5, 0.6) is 0 Å². The van der Waals surface area contributed by atoms with Crippen molar-refractivity contribution in [3.63, 3.8) is 0 Å². The lowest BCUT2D eigenvalue weighted by Crippen LogP contribution is -2.46. The van der Waals surface area contributed by atoms with Crippen LogP contribution in [0.2, 0.25) is 5.02 Å². The van der Waals surface area contributed by atoms with Gasteiger partial charge in [-0.3, -0.25) is 4.79 Å². The number of carbonyl (C=O) groups excluding carboxylic acids is 2. The van der Waals surface area contributed by atoms with Gasteiger partial charge in [-0.15, -0.1) is 0 Å². The Morgan fingerprint density at radius 3 is 2.79 bits per heavy atom. The Labute approximate surface area is 145 Å². The largest absolute Gasteiger partial charge is 0.450 e. The molecular formula is C17H20ClN3O3. The molecule has 0 spiro atoms. The van der Waals surface area contributed by atoms with Crippen molar-refractivity contribution in [2.45, 2.75) is 25.8 Å². The molecule has 3 rings (SSSR count). The lowest BCUT2D eigenvalue weighted by Gasteiger charge is -2.31. The predicted molar refractivity (Wildman–Crippen MR) is 92.4 cm³/mol. The van der Waals surface area contributed by atoms with E-state index < -0.39 is 0 Å². The maximum absolute atomic E-state index is 12.4. The number of benzene rings is 1. The SMILES string of the molecule is CCOC(=O)N1CCC(NC(=O)c2cc3ccc(Cl)cc3[nH]2)CC1. The van der Waals surface area contributed by atoms with Crippen molar-refractivity contribution in [2.24, 2.45) is 0 Å². The number of likely N-dealkylation sites (tertiary alicyclic amines) is 1. The molecular weight excluding hydrogens is 330 g/mol. The Balaban J connectivity index is 1.58. The summed E-state index contributed by atoms with van der Waals surface area (Å²) in [6.45, 7) is 3.34. The molecule has 128 valence electrons. The van der Waals surface area contributed by atoms with Crippen LogP contribution in [0.1, 0.15) is 30.3 Å². The average molecular weight is 350 g/mol. The molecule has 7 heteroatoms. The summed E-state index contributed by atoms with van der Waals surface area (Å²) in [5, 5.41) is 4.59. The number of halogens is 1. The van der Waals surface area contributed by atoms with Gasteiger partial charge in [-0.1, -0.05) is 17.7 Å². The fourth-order valence-electron chi connectivity index (χ4n) is 2.91. The zero-order valence-electron chi connectivity index (χ0n) is 13.5. The standard InChI is InChI=1S/C17H20ClN3O3/c1-2-24-17(23)21-7-5-13(6-8-21)19-16(22)15-9-11-3-4-12(18)10-14(11)20-15/h3-4,9-10,13,20H,2,5-8H2,1H3,(H,19,22). The van der Waals surface area contributed by atoms with Crippen LogP contribution in [0.25, 0.3) is 10.9 Å². The van der Waals surface area contributed by atoms with Gasteiger partial charge in [0.2, 0.25) is 0 Å². The summed E-state index contributed by atoms with van der Waals surface area (Å²) in [5.41, 5.74) is 1.35. The highest BCUT2D eigenvalue weighted by Gasteiger charge is 2.25. The molecule has 0 saturated carbocycles. The zero-order chi connectivity index (χ0) is 17.1. The molecule has 0 radical (unpaired) electrons. The Morgan fingerprint density at radius 2 is 2.08 bits per heavy atom. The summed E-state index contributed by atoms with van der Waals surface area (Å²) in [4.78, 5) is 28.8. The van der Waals surface area contributed by atoms with E-state index in [2.05, 4.69) is 10.3 Å². The molecule has 2 N–H and O–H groups in total. The Hall–Kier alpha value is -2.21. The third kappa shape index (κ3) is 3.64. The monoisotopic (exact) mass is 349 g/mol. The quantitative estimate of drug-likeness (QED) is 0.893. The molecule has 2 heterocycles. The summed E-state index contributed by atoms with van der Waals surface area (Å²) in [6, 6.07) is 7.34. The second kappa shape index (κ2) is 7.13. The third-order valence-electron chi connectivity index (χ3n) is 4.19. The zero-order valence-corrected chi connectivity index (χ0v) is 14.2. The minimum atomic E-state index is -0.283. The minimum Gasteiger partial charge on any atom is -0.450 e. The van der Waals surface area contributed by atoms with E-state index in [1.807, 2.05) is 12.1 Å². The molecule has 24 heavy (non-hydrogen) atoms. The molecule has 1 saturated heterocycles. The fourth-order valence-corrected chi connectivity index (χ4v) is 3.08. The molecule has 0 unspecified atom stereocenters. The second-order valence-corrected chi connectivity index (χ2v) is 6.28. The molecule has 1 fully saturated rings. The average Bonchev–Trinajstić information content (AvgIpc) is 2.99. The number of hydrogen-bond donors (Lipinski definition) is 2. The van der Waals surface area contributed by atoms with Gasteiger partial charge in [-0.25, -0.2) is 4.79 Å². The number of amides is 2. The lowest BCUT2D eigenvalue weighted by molar-refractivity contribution is 0.0857. The third-order valence-corrected chi connectivity index (χ3v) is 4.42. The van der Waals surface area contributed by atoms with Crippen LogP contribution in [0.4, 0.5) is 4.79 Å². The van der Waals surface area contributed by atoms with Gasteiger partial charge in [0.15, 0.2) is 0 Å². The normalized spacial score (nSPS) is 15.5. The fraction of sp³-hybridized carbons (Fsp3) is 0.412. The first-order chi connectivity index (χ1) is 11.6. The van der Waals surface area contributed by atoms with E-state index in [0.717, 1.165) is 23.7 Å². The van der Waals surface area contributed by atoms with Crippen LogP contribution >= 0.6 is 11.6 Å². The highest BCUT2D eigenvalue weighted by Crippen LogP contribution is 2.20. The van der Waals surface area contributed by atoms with Crippen LogP contribution in [0, 0.1) is 0 Å². The van der Waals surface area contributed by atoms with Crippen LogP contribution < -0.4 is 5.32 Å². The van der Waals surface area contributed by atoms with Crippen molar-refractivity contribution in [1.82, 2.24) is 15.2 Å². The molecule has 1 aliphatic rings. The van der Waals surface area contributed by atoms with Crippen LogP contribution in [0.3, 0.4) is 0 Å². The molecule has 1 aromatic heterocycles. The summed E-state index contributed by atoms with van der Waals surface area (Å²) < 4.78 is 4.99. The first kappa shape index (κ1) is 16.6. The van der Waals surface area contributed by atoms with Crippen molar-refractivity contribution in [3.8, 4) is 0 Å². The summed E-state index contributed by atoms with van der Waals surface area (Å²) in [6.07, 6.45) is 1.16. The molecule has 0 bridgehead atoms. The van der Waals surface area contributed by atoms with Crippen molar-refractivity contribution >= 4 is 34.5 Å². The number of fused-ring (bicyclic) bond motifs is 1. The number of hydrogen-bond acceptors (Lipinski definition) is 3. The second-order valence-electron chi connectivity index (χ2n) is 5.85. The van der Waals surface area contributed by atoms with E-state index in [4.69, 9.17) is 16.3 Å². The van der Waals surface area contributed by atoms with Gasteiger partial charge in [0, 0.05) is 35.1 Å². The summed E-state index contributed by atoms with van der Waals surface area (Å²) in [7, 11) is 0. The number of rotatable bonds is 3.